The van der Waals surface area contributed by atoms with E-state index in [-0.39, 0.29) is 6.54 Å². The summed E-state index contributed by atoms with van der Waals surface area (Å²) in [5.74, 6) is -1.19. The molecule has 7 nitrogen and oxygen atoms in total. The molecule has 1 heterocycles. The van der Waals surface area contributed by atoms with Gasteiger partial charge in [0.2, 0.25) is 0 Å². The molecule has 19 heavy (non-hydrogen) atoms. The second-order valence-electron chi connectivity index (χ2n) is 3.99. The maximum atomic E-state index is 11.3. The second kappa shape index (κ2) is 4.89. The third kappa shape index (κ3) is 2.59. The molecule has 0 unspecified atom stereocenters. The molecule has 0 atom stereocenters. The Morgan fingerprint density at radius 3 is 2.42 bits per heavy atom. The van der Waals surface area contributed by atoms with Crippen LogP contribution in [0.5, 0.6) is 5.75 Å². The topological polar surface area (TPSA) is 101 Å². The summed E-state index contributed by atoms with van der Waals surface area (Å²) < 4.78 is 0. The smallest absolute Gasteiger partial charge is 0.310 e. The minimum Gasteiger partial charge on any atom is -0.502 e. The first-order chi connectivity index (χ1) is 8.99. The summed E-state index contributed by atoms with van der Waals surface area (Å²) in [4.78, 5) is 33.6. The first-order valence-electron chi connectivity index (χ1n) is 5.49. The molecule has 1 aliphatic heterocycles. The molecule has 0 radical (unpaired) electrons. The molecule has 0 saturated carbocycles. The summed E-state index contributed by atoms with van der Waals surface area (Å²) in [5.41, 5.74) is 0.173. The maximum absolute atomic E-state index is 11.3. The van der Waals surface area contributed by atoms with Gasteiger partial charge in [0.05, 0.1) is 4.92 Å². The van der Waals surface area contributed by atoms with Crippen molar-refractivity contribution in [2.24, 2.45) is 0 Å². The Hall–Kier alpha value is -2.70. The number of nitro benzene ring substituents is 1. The van der Waals surface area contributed by atoms with Gasteiger partial charge in [0, 0.05) is 24.8 Å². The molecule has 2 rings (SSSR count). The molecule has 0 aromatic heterocycles. The van der Waals surface area contributed by atoms with Crippen LogP contribution in [0.15, 0.2) is 30.4 Å². The molecule has 1 N–H and O–H groups in total. The first kappa shape index (κ1) is 12.7. The highest BCUT2D eigenvalue weighted by Crippen LogP contribution is 2.26. The van der Waals surface area contributed by atoms with Crippen molar-refractivity contribution in [2.45, 2.75) is 6.42 Å². The summed E-state index contributed by atoms with van der Waals surface area (Å²) in [7, 11) is 0. The molecule has 2 amide bonds. The highest BCUT2D eigenvalue weighted by Gasteiger charge is 2.23. The number of hydrogen-bond acceptors (Lipinski definition) is 5. The van der Waals surface area contributed by atoms with Gasteiger partial charge in [-0.2, -0.15) is 0 Å². The average molecular weight is 262 g/mol. The highest BCUT2D eigenvalue weighted by atomic mass is 16.6. The Balaban J connectivity index is 2.08. The summed E-state index contributed by atoms with van der Waals surface area (Å²) in [6, 6.07) is 3.97. The number of aromatic hydroxyl groups is 1. The van der Waals surface area contributed by atoms with E-state index in [1.165, 1.54) is 30.4 Å². The Labute approximate surface area is 107 Å². The SMILES string of the molecule is O=C1C=CC(=O)N1CCc1ccc(O)c([N+](=O)[O-])c1. The number of rotatable bonds is 4. The number of amides is 2. The highest BCUT2D eigenvalue weighted by molar-refractivity contribution is 6.12. The number of imide groups is 1. The van der Waals surface area contributed by atoms with Crippen LogP contribution in [0.3, 0.4) is 0 Å². The predicted molar refractivity (Wildman–Crippen MR) is 64.3 cm³/mol. The molecule has 1 aliphatic rings. The van der Waals surface area contributed by atoms with Crippen molar-refractivity contribution in [3.05, 3.63) is 46.0 Å². The fourth-order valence-corrected chi connectivity index (χ4v) is 1.76. The zero-order chi connectivity index (χ0) is 14.0. The number of nitro groups is 1. The van der Waals surface area contributed by atoms with Crippen LogP contribution in [-0.2, 0) is 16.0 Å². The van der Waals surface area contributed by atoms with E-state index in [1.807, 2.05) is 0 Å². The monoisotopic (exact) mass is 262 g/mol. The second-order valence-corrected chi connectivity index (χ2v) is 3.99. The van der Waals surface area contributed by atoms with Crippen LogP contribution in [0.2, 0.25) is 0 Å². The molecule has 1 aromatic carbocycles. The quantitative estimate of drug-likeness (QED) is 0.490. The van der Waals surface area contributed by atoms with Crippen molar-refractivity contribution < 1.29 is 19.6 Å². The van der Waals surface area contributed by atoms with E-state index < -0.39 is 28.2 Å². The molecule has 0 bridgehead atoms. The van der Waals surface area contributed by atoms with Gasteiger partial charge in [-0.25, -0.2) is 0 Å². The van der Waals surface area contributed by atoms with E-state index >= 15 is 0 Å². The fourth-order valence-electron chi connectivity index (χ4n) is 1.76. The van der Waals surface area contributed by atoms with E-state index in [0.29, 0.717) is 12.0 Å². The van der Waals surface area contributed by atoms with Crippen LogP contribution < -0.4 is 0 Å². The van der Waals surface area contributed by atoms with E-state index in [2.05, 4.69) is 0 Å². The zero-order valence-corrected chi connectivity index (χ0v) is 9.78. The van der Waals surface area contributed by atoms with Gasteiger partial charge in [-0.3, -0.25) is 24.6 Å². The molecular formula is C12H10N2O5. The van der Waals surface area contributed by atoms with E-state index in [9.17, 15) is 24.8 Å². The van der Waals surface area contributed by atoms with Crippen LogP contribution in [0, 0.1) is 10.1 Å². The molecular weight excluding hydrogens is 252 g/mol. The normalized spacial score (nSPS) is 14.2. The lowest BCUT2D eigenvalue weighted by atomic mass is 10.1. The van der Waals surface area contributed by atoms with Crippen molar-refractivity contribution in [1.82, 2.24) is 4.90 Å². The van der Waals surface area contributed by atoms with E-state index in [0.717, 1.165) is 4.90 Å². The molecule has 98 valence electrons. The molecule has 0 saturated heterocycles. The van der Waals surface area contributed by atoms with Gasteiger partial charge in [-0.15, -0.1) is 0 Å². The molecule has 0 fully saturated rings. The zero-order valence-electron chi connectivity index (χ0n) is 9.78. The number of benzene rings is 1. The number of phenolic OH excluding ortho intramolecular Hbond substituents is 1. The molecule has 0 aliphatic carbocycles. The molecule has 1 aromatic rings. The van der Waals surface area contributed by atoms with Crippen molar-refractivity contribution in [1.29, 1.82) is 0 Å². The molecule has 7 heteroatoms. The number of nitrogens with zero attached hydrogens (tertiary/aromatic N) is 2. The first-order valence-corrected chi connectivity index (χ1v) is 5.49. The minimum atomic E-state index is -0.688. The lowest BCUT2D eigenvalue weighted by molar-refractivity contribution is -0.385. The number of phenols is 1. The van der Waals surface area contributed by atoms with Gasteiger partial charge in [-0.1, -0.05) is 6.07 Å². The summed E-state index contributed by atoms with van der Waals surface area (Å²) in [6.07, 6.45) is 2.66. The third-order valence-corrected chi connectivity index (χ3v) is 2.76. The lowest BCUT2D eigenvalue weighted by Gasteiger charge is -2.13. The Kier molecular flexibility index (Phi) is 3.28. The van der Waals surface area contributed by atoms with Gasteiger partial charge in [-0.05, 0) is 18.1 Å². The van der Waals surface area contributed by atoms with Gasteiger partial charge in [0.15, 0.2) is 5.75 Å². The number of carbonyl (C=O) groups excluding carboxylic acids is 2. The number of hydrogen-bond donors (Lipinski definition) is 1. The van der Waals surface area contributed by atoms with Crippen LogP contribution in [-0.4, -0.2) is 33.3 Å². The van der Waals surface area contributed by atoms with Gasteiger partial charge >= 0.3 is 5.69 Å². The van der Waals surface area contributed by atoms with Crippen LogP contribution in [0.1, 0.15) is 5.56 Å². The number of carbonyl (C=O) groups is 2. The molecule has 0 spiro atoms. The Morgan fingerprint density at radius 1 is 1.21 bits per heavy atom. The summed E-state index contributed by atoms with van der Waals surface area (Å²) in [5, 5.41) is 20.0. The predicted octanol–water partition coefficient (Wildman–Crippen LogP) is 0.768. The van der Waals surface area contributed by atoms with E-state index in [4.69, 9.17) is 0 Å². The summed E-state index contributed by atoms with van der Waals surface area (Å²) in [6.45, 7) is 0.145. The van der Waals surface area contributed by atoms with Gasteiger partial charge in [0.1, 0.15) is 0 Å². The Bertz CT molecular complexity index is 576. The van der Waals surface area contributed by atoms with Crippen molar-refractivity contribution in [3.63, 3.8) is 0 Å². The standard InChI is InChI=1S/C12H10N2O5/c15-10-2-1-8(7-9(10)14(18)19)5-6-13-11(16)3-4-12(13)17/h1-4,7,15H,5-6H2. The lowest BCUT2D eigenvalue weighted by Crippen LogP contribution is -2.31. The van der Waals surface area contributed by atoms with Crippen LogP contribution in [0.4, 0.5) is 5.69 Å². The van der Waals surface area contributed by atoms with Crippen molar-refractivity contribution in [2.75, 3.05) is 6.54 Å². The van der Waals surface area contributed by atoms with Crippen molar-refractivity contribution >= 4 is 17.5 Å². The van der Waals surface area contributed by atoms with Crippen LogP contribution >= 0.6 is 0 Å². The fraction of sp³-hybridized carbons (Fsp3) is 0.167. The van der Waals surface area contributed by atoms with Gasteiger partial charge < -0.3 is 5.11 Å². The minimum absolute atomic E-state index is 0.145. The largest absolute Gasteiger partial charge is 0.502 e. The maximum Gasteiger partial charge on any atom is 0.310 e. The van der Waals surface area contributed by atoms with Gasteiger partial charge in [0.25, 0.3) is 11.8 Å². The van der Waals surface area contributed by atoms with Crippen LogP contribution in [0.25, 0.3) is 0 Å². The Morgan fingerprint density at radius 2 is 1.84 bits per heavy atom. The average Bonchev–Trinajstić information content (AvgIpc) is 2.68. The summed E-state index contributed by atoms with van der Waals surface area (Å²) >= 11 is 0. The van der Waals surface area contributed by atoms with E-state index in [1.54, 1.807) is 0 Å². The third-order valence-electron chi connectivity index (χ3n) is 2.76. The van der Waals surface area contributed by atoms with Crippen molar-refractivity contribution in [3.8, 4) is 5.75 Å².